The van der Waals surface area contributed by atoms with E-state index in [1.165, 1.54) is 49.1 Å². The minimum atomic E-state index is -4.85. The zero-order chi connectivity index (χ0) is 45.5. The van der Waals surface area contributed by atoms with E-state index in [1.54, 1.807) is 30.5 Å². The fraction of sp³-hybridized carbons (Fsp3) is 0.469. The lowest BCUT2D eigenvalue weighted by Crippen LogP contribution is -2.54. The normalized spacial score (nSPS) is 21.3. The number of nitro groups is 1. The number of pyridine rings is 2. The lowest BCUT2D eigenvalue weighted by atomic mass is 9.59. The van der Waals surface area contributed by atoms with Gasteiger partial charge >= 0.3 is 5.69 Å². The second kappa shape index (κ2) is 18.1. The molecule has 4 aliphatic rings. The Hall–Kier alpha value is -6.05. The highest BCUT2D eigenvalue weighted by atomic mass is 32.2. The van der Waals surface area contributed by atoms with Crippen molar-refractivity contribution in [3.8, 4) is 17.6 Å². The Labute approximate surface area is 380 Å². The molecule has 340 valence electrons. The number of nitrogens with zero attached hydrogens (tertiary/aromatic N) is 6. The summed E-state index contributed by atoms with van der Waals surface area (Å²) in [6.45, 7) is 9.92. The number of carbonyl (C=O) groups excluding carboxylic acids is 1. The molecule has 65 heavy (non-hydrogen) atoms. The van der Waals surface area contributed by atoms with Gasteiger partial charge in [0, 0.05) is 61.1 Å². The second-order valence-electron chi connectivity index (χ2n) is 19.1. The number of aromatic amines is 1. The molecule has 2 saturated heterocycles. The third-order valence-electron chi connectivity index (χ3n) is 14.6. The van der Waals surface area contributed by atoms with E-state index in [1.807, 2.05) is 10.8 Å². The summed E-state index contributed by atoms with van der Waals surface area (Å²) in [5.74, 6) is 0.552. The Morgan fingerprint density at radius 2 is 1.82 bits per heavy atom. The number of hydrogen-bond donors (Lipinski definition) is 3. The highest BCUT2D eigenvalue weighted by molar-refractivity contribution is 7.90. The zero-order valence-corrected chi connectivity index (χ0v) is 38.1. The zero-order valence-electron chi connectivity index (χ0n) is 37.3. The van der Waals surface area contributed by atoms with E-state index in [2.05, 4.69) is 75.1 Å². The van der Waals surface area contributed by atoms with Crippen LogP contribution in [0.3, 0.4) is 0 Å². The van der Waals surface area contributed by atoms with Crippen LogP contribution >= 0.6 is 0 Å². The SMILES string of the molecule is CC1CCC(CNc2nc(C#N)c(S(=O)(=O)NC(=O)c3ccc(N4CCC5(CC4)CC(N4CCC[C@H]4c4ccccc4C(C)C)C5)cc3Oc3cnc4[nH]ccc4c3)cc2[N+](=O)[O-])CC1. The maximum atomic E-state index is 14.1. The summed E-state index contributed by atoms with van der Waals surface area (Å²) in [7, 11) is -4.85. The number of likely N-dealkylation sites (tertiary alicyclic amines) is 1. The van der Waals surface area contributed by atoms with Crippen LogP contribution in [0.25, 0.3) is 11.0 Å². The van der Waals surface area contributed by atoms with E-state index >= 15 is 0 Å². The number of piperidine rings is 1. The number of hydrogen-bond acceptors (Lipinski definition) is 12. The highest BCUT2D eigenvalue weighted by Gasteiger charge is 2.50. The number of nitriles is 1. The summed E-state index contributed by atoms with van der Waals surface area (Å²) in [6.07, 6.45) is 14.1. The van der Waals surface area contributed by atoms with Crippen molar-refractivity contribution < 1.29 is 22.9 Å². The molecule has 2 aliphatic carbocycles. The molecule has 3 aromatic heterocycles. The standard InChI is InChI=1S/C49H57N9O6S/c1-31(2)38-7-4-5-8-39(38)42-9-6-20-57(42)36-26-49(27-36)17-21-56(22-18-49)35-14-15-40(44(24-35)64-37-23-34-16-19-51-46(34)53-30-37)48(59)55-65(62,63)45-25-43(58(60)61)47(54-41(45)28-50)52-29-33-12-10-32(3)11-13-33/h4-5,7-8,14-16,19,23-25,30-33,36,42H,6,9-13,17-18,20-22,26-27,29H2,1-3H3,(H,51,53)(H,52,54)(H,55,59)/t32?,33?,42-/m0/s1. The van der Waals surface area contributed by atoms with Gasteiger partial charge in [-0.3, -0.25) is 19.8 Å². The van der Waals surface area contributed by atoms with Crippen LogP contribution in [0.2, 0.25) is 0 Å². The van der Waals surface area contributed by atoms with Crippen LogP contribution < -0.4 is 19.7 Å². The number of rotatable bonds is 13. The van der Waals surface area contributed by atoms with Crippen molar-refractivity contribution in [1.29, 1.82) is 5.26 Å². The number of ether oxygens (including phenoxy) is 1. The van der Waals surface area contributed by atoms with Gasteiger partial charge in [0.25, 0.3) is 15.9 Å². The van der Waals surface area contributed by atoms with Crippen molar-refractivity contribution in [3.05, 3.63) is 106 Å². The van der Waals surface area contributed by atoms with Gasteiger partial charge in [0.05, 0.1) is 16.7 Å². The molecule has 1 amide bonds. The summed E-state index contributed by atoms with van der Waals surface area (Å²) in [5.41, 5.74) is 3.41. The van der Waals surface area contributed by atoms with Gasteiger partial charge in [-0.25, -0.2) is 23.1 Å². The third kappa shape index (κ3) is 9.13. The predicted octanol–water partition coefficient (Wildman–Crippen LogP) is 9.60. The summed E-state index contributed by atoms with van der Waals surface area (Å²) in [4.78, 5) is 41.4. The van der Waals surface area contributed by atoms with Crippen LogP contribution in [-0.4, -0.2) is 71.3 Å². The number of anilines is 2. The quantitative estimate of drug-likeness (QED) is 0.0748. The van der Waals surface area contributed by atoms with Gasteiger partial charge in [-0.1, -0.05) is 57.9 Å². The van der Waals surface area contributed by atoms with Gasteiger partial charge in [0.15, 0.2) is 5.69 Å². The summed E-state index contributed by atoms with van der Waals surface area (Å²) >= 11 is 0. The first-order valence-electron chi connectivity index (χ1n) is 23.0. The van der Waals surface area contributed by atoms with Crippen LogP contribution in [0.15, 0.2) is 78.0 Å². The highest BCUT2D eigenvalue weighted by Crippen LogP contribution is 2.54. The van der Waals surface area contributed by atoms with Crippen LogP contribution in [0, 0.1) is 38.7 Å². The minimum absolute atomic E-state index is 0.0953. The first kappa shape index (κ1) is 44.2. The number of nitrogens with one attached hydrogen (secondary N) is 3. The molecule has 1 atom stereocenters. The number of H-pyrrole nitrogens is 1. The molecule has 3 N–H and O–H groups in total. The number of amides is 1. The summed E-state index contributed by atoms with van der Waals surface area (Å²) in [5, 5.41) is 26.0. The van der Waals surface area contributed by atoms with E-state index < -0.39 is 37.1 Å². The predicted molar refractivity (Wildman–Crippen MR) is 249 cm³/mol. The Balaban J connectivity index is 0.922. The maximum absolute atomic E-state index is 14.1. The Morgan fingerprint density at radius 3 is 2.55 bits per heavy atom. The molecular formula is C49H57N9O6S. The van der Waals surface area contributed by atoms with Gasteiger partial charge in [-0.15, -0.1) is 0 Å². The van der Waals surface area contributed by atoms with Gasteiger partial charge in [0.2, 0.25) is 5.82 Å². The van der Waals surface area contributed by atoms with Gasteiger partial charge in [-0.2, -0.15) is 5.26 Å². The largest absolute Gasteiger partial charge is 0.455 e. The minimum Gasteiger partial charge on any atom is -0.455 e. The van der Waals surface area contributed by atoms with E-state index in [0.29, 0.717) is 41.9 Å². The Kier molecular flexibility index (Phi) is 12.3. The Morgan fingerprint density at radius 1 is 1.05 bits per heavy atom. The molecule has 9 rings (SSSR count). The molecule has 15 nitrogen and oxygen atoms in total. The average Bonchev–Trinajstić information content (AvgIpc) is 3.98. The van der Waals surface area contributed by atoms with Crippen molar-refractivity contribution in [1.82, 2.24) is 24.6 Å². The second-order valence-corrected chi connectivity index (χ2v) is 20.8. The summed E-state index contributed by atoms with van der Waals surface area (Å²) in [6, 6.07) is 21.2. The van der Waals surface area contributed by atoms with Crippen LogP contribution in [0.5, 0.6) is 11.5 Å². The van der Waals surface area contributed by atoms with Crippen LogP contribution in [0.4, 0.5) is 17.2 Å². The van der Waals surface area contributed by atoms with Gasteiger partial charge < -0.3 is 19.9 Å². The maximum Gasteiger partial charge on any atom is 0.312 e. The van der Waals surface area contributed by atoms with Gasteiger partial charge in [0.1, 0.15) is 28.1 Å². The number of aromatic nitrogens is 3. The van der Waals surface area contributed by atoms with E-state index in [0.717, 1.165) is 75.3 Å². The molecule has 1 spiro atoms. The van der Waals surface area contributed by atoms with E-state index in [4.69, 9.17) is 4.74 Å². The molecule has 5 heterocycles. The van der Waals surface area contributed by atoms with Crippen molar-refractivity contribution in [2.24, 2.45) is 17.3 Å². The third-order valence-corrected chi connectivity index (χ3v) is 15.9. The molecule has 2 aliphatic heterocycles. The molecule has 0 unspecified atom stereocenters. The lowest BCUT2D eigenvalue weighted by Gasteiger charge is -2.56. The number of benzene rings is 2. The van der Waals surface area contributed by atoms with Crippen molar-refractivity contribution in [2.75, 3.05) is 36.4 Å². The van der Waals surface area contributed by atoms with Gasteiger partial charge in [-0.05, 0) is 116 Å². The molecule has 2 aromatic carbocycles. The monoisotopic (exact) mass is 899 g/mol. The number of fused-ring (bicyclic) bond motifs is 1. The van der Waals surface area contributed by atoms with E-state index in [9.17, 15) is 28.6 Å². The fourth-order valence-corrected chi connectivity index (χ4v) is 11.9. The first-order chi connectivity index (χ1) is 31.3. The van der Waals surface area contributed by atoms with Crippen molar-refractivity contribution >= 4 is 44.2 Å². The number of sulfonamides is 1. The molecule has 2 saturated carbocycles. The molecule has 0 bridgehead atoms. The first-order valence-corrected chi connectivity index (χ1v) is 24.5. The fourth-order valence-electron chi connectivity index (χ4n) is 10.8. The topological polar surface area (TPSA) is 199 Å². The number of carbonyl (C=O) groups is 1. The Bertz CT molecular complexity index is 2740. The average molecular weight is 900 g/mol. The van der Waals surface area contributed by atoms with E-state index in [-0.39, 0.29) is 28.5 Å². The van der Waals surface area contributed by atoms with Crippen molar-refractivity contribution in [2.45, 2.75) is 108 Å². The molecule has 16 heteroatoms. The molecule has 4 fully saturated rings. The summed E-state index contributed by atoms with van der Waals surface area (Å²) < 4.78 is 36.2. The lowest BCUT2D eigenvalue weighted by molar-refractivity contribution is -0.384. The van der Waals surface area contributed by atoms with Crippen molar-refractivity contribution in [3.63, 3.8) is 0 Å². The molecule has 5 aromatic rings. The van der Waals surface area contributed by atoms with Crippen LogP contribution in [-0.2, 0) is 10.0 Å². The molecule has 0 radical (unpaired) electrons. The smallest absolute Gasteiger partial charge is 0.312 e. The molecular weight excluding hydrogens is 843 g/mol. The van der Waals surface area contributed by atoms with Crippen LogP contribution in [0.1, 0.15) is 124 Å².